The molecule has 2 fully saturated rings. The molecule has 0 aromatic heterocycles. The number of carbonyl (C=O) groups excluding carboxylic acids is 3. The average molecular weight is 444 g/mol. The van der Waals surface area contributed by atoms with Gasteiger partial charge >= 0.3 is 0 Å². The number of imide groups is 1. The maximum Gasteiger partial charge on any atom is 0.270 e. The summed E-state index contributed by atoms with van der Waals surface area (Å²) in [5, 5.41) is 17.0. The number of Topliss-reactive ketones (excluding diaryl/α,β-unsaturated/α-hetero) is 1. The first-order valence-electron chi connectivity index (χ1n) is 10.5. The number of hydrazone groups is 1. The maximum absolute atomic E-state index is 13.6. The number of hydrogen-bond donors (Lipinski definition) is 0. The molecule has 3 heterocycles. The Morgan fingerprint density at radius 1 is 1.06 bits per heavy atom. The second kappa shape index (κ2) is 7.47. The van der Waals surface area contributed by atoms with Crippen molar-refractivity contribution in [2.45, 2.75) is 25.9 Å². The van der Waals surface area contributed by atoms with Crippen molar-refractivity contribution in [2.75, 3.05) is 4.90 Å². The number of nitro groups is 1. The van der Waals surface area contributed by atoms with E-state index in [4.69, 9.17) is 0 Å². The number of aryl methyl sites for hydroxylation is 2. The molecule has 9 nitrogen and oxygen atoms in total. The van der Waals surface area contributed by atoms with Crippen LogP contribution in [-0.2, 0) is 9.59 Å². The Labute approximate surface area is 189 Å². The smallest absolute Gasteiger partial charge is 0.270 e. The lowest BCUT2D eigenvalue weighted by Crippen LogP contribution is -2.46. The molecule has 0 bridgehead atoms. The second-order valence-electron chi connectivity index (χ2n) is 8.49. The third-order valence-corrected chi connectivity index (χ3v) is 6.49. The highest BCUT2D eigenvalue weighted by atomic mass is 16.6. The fraction of sp³-hybridized carbons (Fsp3) is 0.250. The monoisotopic (exact) mass is 444 g/mol. The summed E-state index contributed by atoms with van der Waals surface area (Å²) in [6.45, 7) is 3.76. The Morgan fingerprint density at radius 2 is 1.82 bits per heavy atom. The Hall–Kier alpha value is -4.14. The van der Waals surface area contributed by atoms with E-state index in [9.17, 15) is 24.5 Å². The minimum Gasteiger partial charge on any atom is -0.292 e. The molecule has 3 aliphatic heterocycles. The second-order valence-corrected chi connectivity index (χ2v) is 8.49. The number of ketones is 1. The van der Waals surface area contributed by atoms with Gasteiger partial charge in [0, 0.05) is 23.9 Å². The highest BCUT2D eigenvalue weighted by Crippen LogP contribution is 2.46. The Morgan fingerprint density at radius 3 is 2.55 bits per heavy atom. The van der Waals surface area contributed by atoms with E-state index in [-0.39, 0.29) is 17.2 Å². The number of amides is 2. The molecule has 0 unspecified atom stereocenters. The van der Waals surface area contributed by atoms with E-state index in [0.29, 0.717) is 5.69 Å². The van der Waals surface area contributed by atoms with E-state index in [1.165, 1.54) is 40.4 Å². The predicted molar refractivity (Wildman–Crippen MR) is 120 cm³/mol. The summed E-state index contributed by atoms with van der Waals surface area (Å²) in [5.41, 5.74) is 2.17. The number of nitrogens with zero attached hydrogens (tertiary/aromatic N) is 4. The van der Waals surface area contributed by atoms with Gasteiger partial charge in [0.05, 0.1) is 28.5 Å². The molecule has 5 rings (SSSR count). The first kappa shape index (κ1) is 20.7. The lowest BCUT2D eigenvalue weighted by molar-refractivity contribution is -0.384. The number of non-ortho nitro benzene ring substituents is 1. The largest absolute Gasteiger partial charge is 0.292 e. The number of carbonyl (C=O) groups is 3. The van der Waals surface area contributed by atoms with Crippen LogP contribution >= 0.6 is 0 Å². The zero-order valence-corrected chi connectivity index (χ0v) is 17.9. The van der Waals surface area contributed by atoms with E-state index in [2.05, 4.69) is 5.10 Å². The van der Waals surface area contributed by atoms with Crippen LogP contribution in [0.4, 0.5) is 11.4 Å². The maximum atomic E-state index is 13.6. The first-order chi connectivity index (χ1) is 15.8. The van der Waals surface area contributed by atoms with Gasteiger partial charge in [-0.2, -0.15) is 5.10 Å². The van der Waals surface area contributed by atoms with Crippen LogP contribution in [0.5, 0.6) is 0 Å². The summed E-state index contributed by atoms with van der Waals surface area (Å²) < 4.78 is 0. The van der Waals surface area contributed by atoms with E-state index in [0.717, 1.165) is 11.1 Å². The Kier molecular flexibility index (Phi) is 4.70. The number of fused-ring (bicyclic) bond motifs is 3. The molecule has 166 valence electrons. The number of benzene rings is 2. The fourth-order valence-electron chi connectivity index (χ4n) is 5.07. The number of allylic oxidation sites excluding steroid dienone is 1. The lowest BCUT2D eigenvalue weighted by atomic mass is 9.86. The van der Waals surface area contributed by atoms with Crippen molar-refractivity contribution in [1.82, 2.24) is 5.01 Å². The normalized spacial score (nSPS) is 25.4. The molecule has 2 aromatic rings. The van der Waals surface area contributed by atoms with Gasteiger partial charge in [0.2, 0.25) is 11.8 Å². The van der Waals surface area contributed by atoms with E-state index < -0.39 is 40.5 Å². The molecule has 0 radical (unpaired) electrons. The summed E-state index contributed by atoms with van der Waals surface area (Å²) >= 11 is 0. The van der Waals surface area contributed by atoms with E-state index in [1.807, 2.05) is 26.0 Å². The van der Waals surface area contributed by atoms with Gasteiger partial charge in [0.15, 0.2) is 5.78 Å². The van der Waals surface area contributed by atoms with Gasteiger partial charge in [-0.1, -0.05) is 35.9 Å². The zero-order valence-electron chi connectivity index (χ0n) is 17.9. The van der Waals surface area contributed by atoms with Crippen molar-refractivity contribution in [3.63, 3.8) is 0 Å². The number of nitro benzene ring substituents is 1. The van der Waals surface area contributed by atoms with E-state index in [1.54, 1.807) is 18.2 Å². The summed E-state index contributed by atoms with van der Waals surface area (Å²) in [4.78, 5) is 52.6. The Bertz CT molecular complexity index is 1280. The number of anilines is 1. The molecule has 0 N–H and O–H groups in total. The van der Waals surface area contributed by atoms with Crippen LogP contribution in [0, 0.1) is 35.8 Å². The molecule has 4 atom stereocenters. The van der Waals surface area contributed by atoms with Crippen LogP contribution in [0.25, 0.3) is 0 Å². The zero-order chi connectivity index (χ0) is 23.4. The molecule has 0 saturated carbocycles. The highest BCUT2D eigenvalue weighted by molar-refractivity contribution is 6.25. The van der Waals surface area contributed by atoms with Crippen molar-refractivity contribution in [2.24, 2.45) is 16.9 Å². The summed E-state index contributed by atoms with van der Waals surface area (Å²) in [6, 6.07) is 9.26. The van der Waals surface area contributed by atoms with Gasteiger partial charge in [0.1, 0.15) is 6.04 Å². The van der Waals surface area contributed by atoms with Gasteiger partial charge < -0.3 is 0 Å². The standard InChI is InChI=1S/C24H20N4O5/c1-13-8-9-17(14(2)11-13)26-23(30)19-18-7-4-10-25-27(18)21(20(19)24(26)31)22(29)15-5-3-6-16(12-15)28(32)33/h3-12,18-21H,1-2H3/t18-,19+,20+,21-/m1/s1. The minimum atomic E-state index is -1.05. The van der Waals surface area contributed by atoms with Crippen molar-refractivity contribution in [3.05, 3.63) is 81.4 Å². The van der Waals surface area contributed by atoms with Crippen LogP contribution in [0.3, 0.4) is 0 Å². The molecule has 2 saturated heterocycles. The fourth-order valence-corrected chi connectivity index (χ4v) is 5.07. The van der Waals surface area contributed by atoms with Crippen molar-refractivity contribution in [3.8, 4) is 0 Å². The van der Waals surface area contributed by atoms with Gasteiger partial charge in [-0.25, -0.2) is 4.90 Å². The van der Waals surface area contributed by atoms with Gasteiger partial charge in [0.25, 0.3) is 5.69 Å². The first-order valence-corrected chi connectivity index (χ1v) is 10.5. The highest BCUT2D eigenvalue weighted by Gasteiger charge is 2.64. The molecule has 2 amide bonds. The quantitative estimate of drug-likeness (QED) is 0.310. The lowest BCUT2D eigenvalue weighted by Gasteiger charge is -2.30. The topological polar surface area (TPSA) is 113 Å². The van der Waals surface area contributed by atoms with Crippen LogP contribution in [0.1, 0.15) is 21.5 Å². The van der Waals surface area contributed by atoms with Crippen LogP contribution < -0.4 is 4.90 Å². The van der Waals surface area contributed by atoms with Crippen LogP contribution in [0.2, 0.25) is 0 Å². The summed E-state index contributed by atoms with van der Waals surface area (Å²) in [5.74, 6) is -3.04. The minimum absolute atomic E-state index is 0.101. The molecule has 33 heavy (non-hydrogen) atoms. The van der Waals surface area contributed by atoms with Crippen molar-refractivity contribution < 1.29 is 19.3 Å². The molecule has 0 aliphatic carbocycles. The summed E-state index contributed by atoms with van der Waals surface area (Å²) in [7, 11) is 0. The molecule has 0 spiro atoms. The molecule has 2 aromatic carbocycles. The molecule has 3 aliphatic rings. The average Bonchev–Trinajstić information content (AvgIpc) is 3.27. The molecule has 9 heteroatoms. The van der Waals surface area contributed by atoms with Crippen LogP contribution in [-0.4, -0.2) is 45.8 Å². The summed E-state index contributed by atoms with van der Waals surface area (Å²) in [6.07, 6.45) is 4.96. The SMILES string of the molecule is Cc1ccc(N2C(=O)[C@@H]3[C@H](C2=O)[C@H](C(=O)c2cccc([N+](=O)[O-])c2)N2N=CC=C[C@H]32)c(C)c1. The van der Waals surface area contributed by atoms with Gasteiger partial charge in [-0.05, 0) is 31.6 Å². The van der Waals surface area contributed by atoms with Crippen molar-refractivity contribution >= 4 is 35.2 Å². The van der Waals surface area contributed by atoms with Crippen LogP contribution in [0.15, 0.2) is 59.7 Å². The predicted octanol–water partition coefficient (Wildman–Crippen LogP) is 2.81. The van der Waals surface area contributed by atoms with Crippen molar-refractivity contribution in [1.29, 1.82) is 0 Å². The molecular formula is C24H20N4O5. The number of rotatable bonds is 4. The van der Waals surface area contributed by atoms with Gasteiger partial charge in [-0.3, -0.25) is 29.5 Å². The van der Waals surface area contributed by atoms with E-state index >= 15 is 0 Å². The third-order valence-electron chi connectivity index (χ3n) is 6.49. The number of hydrogen-bond acceptors (Lipinski definition) is 7. The third kappa shape index (κ3) is 3.07. The molecular weight excluding hydrogens is 424 g/mol. The Balaban J connectivity index is 1.59. The van der Waals surface area contributed by atoms with Gasteiger partial charge in [-0.15, -0.1) is 0 Å².